The third-order valence-corrected chi connectivity index (χ3v) is 7.33. The van der Waals surface area contributed by atoms with Gasteiger partial charge in [-0.2, -0.15) is 9.97 Å². The van der Waals surface area contributed by atoms with Crippen LogP contribution in [0.25, 0.3) is 32.8 Å². The van der Waals surface area contributed by atoms with Gasteiger partial charge in [0.05, 0.1) is 11.4 Å². The molecule has 1 aliphatic heterocycles. The number of nitrogens with zero attached hydrogens (tertiary/aromatic N) is 5. The van der Waals surface area contributed by atoms with Crippen LogP contribution in [0.5, 0.6) is 11.8 Å². The van der Waals surface area contributed by atoms with Gasteiger partial charge in [-0.25, -0.2) is 4.39 Å². The molecule has 0 atom stereocenters. The van der Waals surface area contributed by atoms with Gasteiger partial charge in [-0.15, -0.1) is 0 Å². The van der Waals surface area contributed by atoms with Crippen molar-refractivity contribution in [2.45, 2.75) is 13.3 Å². The van der Waals surface area contributed by atoms with Crippen molar-refractivity contribution in [2.24, 2.45) is 0 Å². The van der Waals surface area contributed by atoms with Gasteiger partial charge in [-0.1, -0.05) is 35.9 Å². The Labute approximate surface area is 235 Å². The van der Waals surface area contributed by atoms with E-state index in [0.29, 0.717) is 48.3 Å². The average molecular weight is 566 g/mol. The number of ether oxygens (including phenoxy) is 1. The maximum absolute atomic E-state index is 16.5. The van der Waals surface area contributed by atoms with Crippen LogP contribution in [0.3, 0.4) is 0 Å². The highest BCUT2D eigenvalue weighted by atomic mass is 35.5. The molecule has 0 spiro atoms. The van der Waals surface area contributed by atoms with Gasteiger partial charge in [0, 0.05) is 58.1 Å². The number of rotatable bonds is 6. The number of amides is 2. The lowest BCUT2D eigenvalue weighted by molar-refractivity contribution is -0.130. The van der Waals surface area contributed by atoms with Gasteiger partial charge in [0.1, 0.15) is 23.7 Å². The van der Waals surface area contributed by atoms with E-state index in [1.807, 2.05) is 29.2 Å². The monoisotopic (exact) mass is 565 g/mol. The quantitative estimate of drug-likeness (QED) is 0.368. The second-order valence-corrected chi connectivity index (χ2v) is 10.3. The number of carbonyl (C=O) groups excluding carboxylic acids is 2. The Morgan fingerprint density at radius 1 is 1.07 bits per heavy atom. The minimum absolute atomic E-state index is 0.000224. The Hall–Kier alpha value is -4.18. The number of phenolic OH excluding ortho intramolecular Hbond substituents is 1. The number of hydrogen-bond donors (Lipinski definition) is 1. The molecule has 0 unspecified atom stereocenters. The first kappa shape index (κ1) is 27.4. The molecular formula is C29H29ClFN5O4. The van der Waals surface area contributed by atoms with Crippen LogP contribution in [-0.4, -0.2) is 83.6 Å². The molecule has 40 heavy (non-hydrogen) atoms. The van der Waals surface area contributed by atoms with Crippen molar-refractivity contribution < 1.29 is 23.8 Å². The van der Waals surface area contributed by atoms with Crippen molar-refractivity contribution in [3.8, 4) is 22.9 Å². The Morgan fingerprint density at radius 2 is 1.80 bits per heavy atom. The van der Waals surface area contributed by atoms with Crippen molar-refractivity contribution in [1.82, 2.24) is 19.8 Å². The zero-order valence-electron chi connectivity index (χ0n) is 22.4. The highest BCUT2D eigenvalue weighted by Gasteiger charge is 2.26. The summed E-state index contributed by atoms with van der Waals surface area (Å²) >= 11 is 6.74. The van der Waals surface area contributed by atoms with Crippen LogP contribution < -0.4 is 9.64 Å². The number of phenols is 1. The second-order valence-electron chi connectivity index (χ2n) is 9.87. The number of aromatic hydroxyl groups is 1. The largest absolute Gasteiger partial charge is 0.508 e. The second kappa shape index (κ2) is 11.1. The van der Waals surface area contributed by atoms with Gasteiger partial charge in [-0.3, -0.25) is 9.59 Å². The predicted molar refractivity (Wildman–Crippen MR) is 152 cm³/mol. The molecule has 208 valence electrons. The van der Waals surface area contributed by atoms with Gasteiger partial charge >= 0.3 is 6.01 Å². The Balaban J connectivity index is 1.64. The molecule has 0 aliphatic carbocycles. The van der Waals surface area contributed by atoms with E-state index in [1.54, 1.807) is 31.1 Å². The Bertz CT molecular complexity index is 1620. The molecule has 1 aliphatic rings. The summed E-state index contributed by atoms with van der Waals surface area (Å²) in [4.78, 5) is 38.0. The smallest absolute Gasteiger partial charge is 0.319 e. The van der Waals surface area contributed by atoms with Crippen molar-refractivity contribution in [3.63, 3.8) is 0 Å². The molecule has 1 aromatic heterocycles. The molecule has 9 nitrogen and oxygen atoms in total. The van der Waals surface area contributed by atoms with E-state index < -0.39 is 5.82 Å². The first-order valence-corrected chi connectivity index (χ1v) is 13.3. The minimum atomic E-state index is -0.682. The van der Waals surface area contributed by atoms with Gasteiger partial charge in [-0.05, 0) is 34.5 Å². The maximum atomic E-state index is 16.5. The van der Waals surface area contributed by atoms with Crippen LogP contribution in [0.2, 0.25) is 5.02 Å². The number of fused-ring (bicyclic) bond motifs is 2. The molecule has 0 saturated carbocycles. The van der Waals surface area contributed by atoms with E-state index in [4.69, 9.17) is 16.3 Å². The number of halogens is 2. The molecule has 11 heteroatoms. The molecule has 3 aromatic carbocycles. The van der Waals surface area contributed by atoms with Crippen molar-refractivity contribution >= 4 is 50.9 Å². The van der Waals surface area contributed by atoms with Crippen molar-refractivity contribution in [3.05, 3.63) is 53.3 Å². The van der Waals surface area contributed by atoms with Crippen molar-refractivity contribution in [2.75, 3.05) is 51.8 Å². The summed E-state index contributed by atoms with van der Waals surface area (Å²) in [5.74, 6) is -0.421. The fourth-order valence-corrected chi connectivity index (χ4v) is 5.19. The predicted octanol–water partition coefficient (Wildman–Crippen LogP) is 4.47. The number of benzene rings is 3. The van der Waals surface area contributed by atoms with Gasteiger partial charge in [0.25, 0.3) is 0 Å². The Kier molecular flexibility index (Phi) is 7.62. The zero-order chi connectivity index (χ0) is 28.6. The van der Waals surface area contributed by atoms with Crippen LogP contribution in [-0.2, 0) is 9.59 Å². The van der Waals surface area contributed by atoms with E-state index in [-0.39, 0.29) is 52.7 Å². The van der Waals surface area contributed by atoms with Crippen LogP contribution in [0.15, 0.2) is 42.5 Å². The highest BCUT2D eigenvalue weighted by Crippen LogP contribution is 2.42. The van der Waals surface area contributed by atoms with Crippen LogP contribution in [0.4, 0.5) is 10.2 Å². The maximum Gasteiger partial charge on any atom is 0.319 e. The molecule has 1 fully saturated rings. The zero-order valence-corrected chi connectivity index (χ0v) is 23.2. The van der Waals surface area contributed by atoms with E-state index >= 15 is 4.39 Å². The fourth-order valence-electron chi connectivity index (χ4n) is 4.90. The number of piperazine rings is 1. The lowest BCUT2D eigenvalue weighted by atomic mass is 9.96. The summed E-state index contributed by atoms with van der Waals surface area (Å²) in [6, 6.07) is 12.0. The molecule has 4 aromatic rings. The van der Waals surface area contributed by atoms with Gasteiger partial charge in [0.15, 0.2) is 5.82 Å². The molecule has 1 N–H and O–H groups in total. The van der Waals surface area contributed by atoms with Crippen molar-refractivity contribution in [1.29, 1.82) is 0 Å². The summed E-state index contributed by atoms with van der Waals surface area (Å²) in [7, 11) is 3.30. The average Bonchev–Trinajstić information content (AvgIpc) is 2.93. The van der Waals surface area contributed by atoms with Crippen LogP contribution in [0.1, 0.15) is 13.3 Å². The summed E-state index contributed by atoms with van der Waals surface area (Å²) < 4.78 is 22.2. The SMILES string of the molecule is CC(=O)N1CCN(c2nc(OCCC(=O)N(C)C)nc3c(F)c(-c4cc(O)cc5ccccc45)c(Cl)cc23)CC1. The Morgan fingerprint density at radius 3 is 2.50 bits per heavy atom. The lowest BCUT2D eigenvalue weighted by Crippen LogP contribution is -2.48. The molecule has 1 saturated heterocycles. The lowest BCUT2D eigenvalue weighted by Gasteiger charge is -2.35. The molecule has 5 rings (SSSR count). The summed E-state index contributed by atoms with van der Waals surface area (Å²) in [6.07, 6.45) is 0.102. The van der Waals surface area contributed by atoms with E-state index in [2.05, 4.69) is 9.97 Å². The van der Waals surface area contributed by atoms with E-state index in [1.165, 1.54) is 17.9 Å². The van der Waals surface area contributed by atoms with E-state index in [0.717, 1.165) is 5.39 Å². The number of aromatic nitrogens is 2. The minimum Gasteiger partial charge on any atom is -0.508 e. The first-order chi connectivity index (χ1) is 19.1. The summed E-state index contributed by atoms with van der Waals surface area (Å²) in [6.45, 7) is 3.46. The summed E-state index contributed by atoms with van der Waals surface area (Å²) in [5, 5.41) is 12.4. The van der Waals surface area contributed by atoms with E-state index in [9.17, 15) is 14.7 Å². The third kappa shape index (κ3) is 5.31. The van der Waals surface area contributed by atoms with Crippen LogP contribution in [0, 0.1) is 5.82 Å². The molecule has 0 radical (unpaired) electrons. The van der Waals surface area contributed by atoms with Crippen LogP contribution >= 0.6 is 11.6 Å². The number of carbonyl (C=O) groups is 2. The topological polar surface area (TPSA) is 99.1 Å². The third-order valence-electron chi connectivity index (χ3n) is 7.03. The summed E-state index contributed by atoms with van der Waals surface area (Å²) in [5.41, 5.74) is 0.523. The molecule has 2 heterocycles. The number of anilines is 1. The highest BCUT2D eigenvalue weighted by molar-refractivity contribution is 6.35. The molecular weight excluding hydrogens is 537 g/mol. The number of hydrogen-bond acceptors (Lipinski definition) is 7. The van der Waals surface area contributed by atoms with Gasteiger partial charge < -0.3 is 24.5 Å². The molecule has 0 bridgehead atoms. The van der Waals surface area contributed by atoms with Gasteiger partial charge in [0.2, 0.25) is 11.8 Å². The first-order valence-electron chi connectivity index (χ1n) is 12.9. The standard InChI is InChI=1S/C29H29ClFN5O4/c1-17(37)35-9-11-36(12-10-35)28-22-16-23(30)25(21-15-19(38)14-18-6-4-5-7-20(18)21)26(31)27(22)32-29(33-28)40-13-8-24(39)34(2)3/h4-7,14-16,38H,8-13H2,1-3H3. The normalized spacial score (nSPS) is 13.6. The molecule has 2 amide bonds. The fraction of sp³-hybridized carbons (Fsp3) is 0.310.